The van der Waals surface area contributed by atoms with E-state index in [9.17, 15) is 4.79 Å². The molecule has 1 aliphatic heterocycles. The molecule has 1 saturated heterocycles. The third-order valence-electron chi connectivity index (χ3n) is 4.50. The molecule has 1 aliphatic rings. The fourth-order valence-corrected chi connectivity index (χ4v) is 3.58. The summed E-state index contributed by atoms with van der Waals surface area (Å²) in [6, 6.07) is 7.49. The van der Waals surface area contributed by atoms with Gasteiger partial charge < -0.3 is 10.2 Å². The number of nitrogens with one attached hydrogen (secondary N) is 1. The minimum Gasteiger partial charge on any atom is -0.356 e. The van der Waals surface area contributed by atoms with Gasteiger partial charge in [-0.2, -0.15) is 0 Å². The van der Waals surface area contributed by atoms with Crippen molar-refractivity contribution in [3.8, 4) is 0 Å². The fraction of sp³-hybridized carbons (Fsp3) is 0.263. The lowest BCUT2D eigenvalue weighted by atomic mass is 10.1. The molecule has 1 N–H and O–H groups in total. The molecule has 0 spiro atoms. The van der Waals surface area contributed by atoms with Crippen LogP contribution in [0.5, 0.6) is 0 Å². The normalized spacial score (nSPS) is 14.4. The highest BCUT2D eigenvalue weighted by Crippen LogP contribution is 2.27. The Bertz CT molecular complexity index is 956. The van der Waals surface area contributed by atoms with Crippen molar-refractivity contribution >= 4 is 44.2 Å². The number of aromatic nitrogens is 3. The molecular formula is C19H18BrN5O. The Kier molecular flexibility index (Phi) is 4.79. The highest BCUT2D eigenvalue weighted by atomic mass is 79.9. The third-order valence-corrected chi connectivity index (χ3v) is 4.93. The Labute approximate surface area is 159 Å². The minimum atomic E-state index is -0.205. The van der Waals surface area contributed by atoms with Gasteiger partial charge in [-0.05, 0) is 59.5 Å². The number of carbonyl (C=O) groups is 1. The van der Waals surface area contributed by atoms with Crippen LogP contribution in [0.4, 0.5) is 11.5 Å². The maximum atomic E-state index is 12.4. The summed E-state index contributed by atoms with van der Waals surface area (Å²) in [5.74, 6) is 0.771. The van der Waals surface area contributed by atoms with E-state index in [-0.39, 0.29) is 5.91 Å². The summed E-state index contributed by atoms with van der Waals surface area (Å²) >= 11 is 3.33. The average molecular weight is 412 g/mol. The van der Waals surface area contributed by atoms with Gasteiger partial charge in [0.25, 0.3) is 5.91 Å². The number of pyridine rings is 1. The van der Waals surface area contributed by atoms with Crippen LogP contribution in [0.2, 0.25) is 0 Å². The van der Waals surface area contributed by atoms with Crippen molar-refractivity contribution in [3.63, 3.8) is 0 Å². The molecule has 0 bridgehead atoms. The molecule has 3 heterocycles. The second kappa shape index (κ2) is 7.37. The highest BCUT2D eigenvalue weighted by molar-refractivity contribution is 9.10. The Balaban J connectivity index is 1.60. The molecule has 2 aromatic heterocycles. The first-order chi connectivity index (χ1) is 12.7. The smallest absolute Gasteiger partial charge is 0.257 e. The monoisotopic (exact) mass is 411 g/mol. The Hall–Kier alpha value is -2.54. The first-order valence-electron chi connectivity index (χ1n) is 8.62. The maximum absolute atomic E-state index is 12.4. The molecule has 0 unspecified atom stereocenters. The van der Waals surface area contributed by atoms with E-state index in [1.165, 1.54) is 25.5 Å². The van der Waals surface area contributed by atoms with Gasteiger partial charge >= 0.3 is 0 Å². The standard InChI is InChI=1S/C19H18BrN5O/c20-14-8-13(10-21-11-14)19(26)24-15-4-5-16-17(9-15)22-12-23-18(16)25-6-2-1-3-7-25/h4-5,8-12H,1-3,6-7H2,(H,24,26). The lowest BCUT2D eigenvalue weighted by molar-refractivity contribution is 0.102. The van der Waals surface area contributed by atoms with E-state index in [1.807, 2.05) is 18.2 Å². The zero-order valence-corrected chi connectivity index (χ0v) is 15.7. The number of hydrogen-bond acceptors (Lipinski definition) is 5. The molecular weight excluding hydrogens is 394 g/mol. The van der Waals surface area contributed by atoms with Gasteiger partial charge in [0.05, 0.1) is 11.1 Å². The molecule has 132 valence electrons. The number of halogens is 1. The summed E-state index contributed by atoms with van der Waals surface area (Å²) in [5.41, 5.74) is 2.02. The molecule has 26 heavy (non-hydrogen) atoms. The van der Waals surface area contributed by atoms with E-state index in [0.29, 0.717) is 11.3 Å². The van der Waals surface area contributed by atoms with E-state index in [1.54, 1.807) is 18.6 Å². The third kappa shape index (κ3) is 3.53. The van der Waals surface area contributed by atoms with Crippen LogP contribution in [0.25, 0.3) is 10.9 Å². The van der Waals surface area contributed by atoms with Gasteiger partial charge in [0, 0.05) is 41.0 Å². The zero-order valence-electron chi connectivity index (χ0n) is 14.2. The molecule has 1 fully saturated rings. The van der Waals surface area contributed by atoms with E-state index < -0.39 is 0 Å². The van der Waals surface area contributed by atoms with Crippen molar-refractivity contribution in [1.29, 1.82) is 0 Å². The van der Waals surface area contributed by atoms with Gasteiger partial charge in [0.1, 0.15) is 12.1 Å². The second-order valence-electron chi connectivity index (χ2n) is 6.32. The van der Waals surface area contributed by atoms with Crippen molar-refractivity contribution in [2.24, 2.45) is 0 Å². The summed E-state index contributed by atoms with van der Waals surface area (Å²) in [7, 11) is 0. The highest BCUT2D eigenvalue weighted by Gasteiger charge is 2.16. The van der Waals surface area contributed by atoms with Crippen molar-refractivity contribution in [2.45, 2.75) is 19.3 Å². The molecule has 3 aromatic rings. The predicted molar refractivity (Wildman–Crippen MR) is 105 cm³/mol. The van der Waals surface area contributed by atoms with Crippen LogP contribution in [-0.2, 0) is 0 Å². The van der Waals surface area contributed by atoms with Crippen LogP contribution >= 0.6 is 15.9 Å². The van der Waals surface area contributed by atoms with Crippen molar-refractivity contribution in [3.05, 3.63) is 53.0 Å². The van der Waals surface area contributed by atoms with Crippen molar-refractivity contribution in [2.75, 3.05) is 23.3 Å². The molecule has 4 rings (SSSR count). The summed E-state index contributed by atoms with van der Waals surface area (Å²) in [6.45, 7) is 2.06. The summed E-state index contributed by atoms with van der Waals surface area (Å²) in [5, 5.41) is 3.91. The van der Waals surface area contributed by atoms with Crippen LogP contribution < -0.4 is 10.2 Å². The fourth-order valence-electron chi connectivity index (χ4n) is 3.22. The number of anilines is 2. The summed E-state index contributed by atoms with van der Waals surface area (Å²) in [6.07, 6.45) is 8.44. The number of benzene rings is 1. The zero-order chi connectivity index (χ0) is 17.9. The number of fused-ring (bicyclic) bond motifs is 1. The van der Waals surface area contributed by atoms with Crippen LogP contribution in [-0.4, -0.2) is 33.9 Å². The number of rotatable bonds is 3. The van der Waals surface area contributed by atoms with E-state index in [2.05, 4.69) is 41.1 Å². The van der Waals surface area contributed by atoms with E-state index >= 15 is 0 Å². The molecule has 0 saturated carbocycles. The van der Waals surface area contributed by atoms with E-state index in [0.717, 1.165) is 34.3 Å². The van der Waals surface area contributed by atoms with Crippen LogP contribution in [0, 0.1) is 0 Å². The van der Waals surface area contributed by atoms with Crippen LogP contribution in [0.3, 0.4) is 0 Å². The van der Waals surface area contributed by atoms with Gasteiger partial charge in [-0.25, -0.2) is 9.97 Å². The summed E-state index contributed by atoms with van der Waals surface area (Å²) < 4.78 is 0.766. The van der Waals surface area contributed by atoms with Crippen LogP contribution in [0.15, 0.2) is 47.5 Å². The molecule has 7 heteroatoms. The number of amides is 1. The second-order valence-corrected chi connectivity index (χ2v) is 7.24. The number of nitrogens with zero attached hydrogens (tertiary/aromatic N) is 4. The Morgan fingerprint density at radius 1 is 1.08 bits per heavy atom. The van der Waals surface area contributed by atoms with Crippen molar-refractivity contribution < 1.29 is 4.79 Å². The first-order valence-corrected chi connectivity index (χ1v) is 9.41. The SMILES string of the molecule is O=C(Nc1ccc2c(N3CCCCC3)ncnc2c1)c1cncc(Br)c1. The quantitative estimate of drug-likeness (QED) is 0.704. The number of hydrogen-bond donors (Lipinski definition) is 1. The van der Waals surface area contributed by atoms with Gasteiger partial charge in [-0.15, -0.1) is 0 Å². The maximum Gasteiger partial charge on any atom is 0.257 e. The van der Waals surface area contributed by atoms with Crippen LogP contribution in [0.1, 0.15) is 29.6 Å². The van der Waals surface area contributed by atoms with Gasteiger partial charge in [-0.3, -0.25) is 9.78 Å². The molecule has 1 amide bonds. The number of carbonyl (C=O) groups excluding carboxylic acids is 1. The Morgan fingerprint density at radius 3 is 2.73 bits per heavy atom. The lowest BCUT2D eigenvalue weighted by Gasteiger charge is -2.28. The van der Waals surface area contributed by atoms with E-state index in [4.69, 9.17) is 0 Å². The summed E-state index contributed by atoms with van der Waals surface area (Å²) in [4.78, 5) is 27.6. The molecule has 1 aromatic carbocycles. The molecule has 0 atom stereocenters. The molecule has 0 radical (unpaired) electrons. The van der Waals surface area contributed by atoms with Gasteiger partial charge in [0.15, 0.2) is 0 Å². The van der Waals surface area contributed by atoms with Crippen molar-refractivity contribution in [1.82, 2.24) is 15.0 Å². The van der Waals surface area contributed by atoms with Gasteiger partial charge in [-0.1, -0.05) is 0 Å². The predicted octanol–water partition coefficient (Wildman–Crippen LogP) is 4.03. The lowest BCUT2D eigenvalue weighted by Crippen LogP contribution is -2.30. The number of piperidine rings is 1. The minimum absolute atomic E-state index is 0.205. The topological polar surface area (TPSA) is 71.0 Å². The molecule has 0 aliphatic carbocycles. The first kappa shape index (κ1) is 16.9. The van der Waals surface area contributed by atoms with Gasteiger partial charge in [0.2, 0.25) is 0 Å². The average Bonchev–Trinajstić information content (AvgIpc) is 2.68. The molecule has 6 nitrogen and oxygen atoms in total. The largest absolute Gasteiger partial charge is 0.356 e. The Morgan fingerprint density at radius 2 is 1.92 bits per heavy atom.